The molecule has 2 rings (SSSR count). The number of hydrogen-bond acceptors (Lipinski definition) is 3. The van der Waals surface area contributed by atoms with E-state index in [9.17, 15) is 0 Å². The molecule has 3 nitrogen and oxygen atoms in total. The van der Waals surface area contributed by atoms with E-state index in [1.54, 1.807) is 24.3 Å². The van der Waals surface area contributed by atoms with Gasteiger partial charge < -0.3 is 14.8 Å². The van der Waals surface area contributed by atoms with Crippen molar-refractivity contribution < 1.29 is 17.6 Å². The fourth-order valence-electron chi connectivity index (χ4n) is 1.48. The van der Waals surface area contributed by atoms with Crippen LogP contribution in [0.3, 0.4) is 0 Å². The molecular weight excluding hydrogens is 215 g/mol. The lowest BCUT2D eigenvalue weighted by molar-refractivity contribution is 0.306. The van der Waals surface area contributed by atoms with E-state index in [2.05, 4.69) is 0 Å². The Morgan fingerprint density at radius 2 is 1.59 bits per heavy atom. The molecule has 17 heavy (non-hydrogen) atoms. The van der Waals surface area contributed by atoms with Crippen LogP contribution < -0.4 is 10.2 Å². The second-order valence-electron chi connectivity index (χ2n) is 3.72. The van der Waals surface area contributed by atoms with Crippen molar-refractivity contribution in [2.24, 2.45) is 0 Å². The molecule has 0 bridgehead atoms. The molecule has 0 aliphatic heterocycles. The summed E-state index contributed by atoms with van der Waals surface area (Å²) in [5.74, 6) is 0.707. The fraction of sp³-hybridized carbons (Fsp3) is 0.0769. The Morgan fingerprint density at radius 3 is 2.18 bits per heavy atom. The fourth-order valence-corrected chi connectivity index (χ4v) is 1.48. The van der Waals surface area contributed by atoms with Crippen molar-refractivity contribution in [3.63, 3.8) is 0 Å². The minimum atomic E-state index is -1.43. The molecule has 0 amide bonds. The SMILES string of the molecule is OB(O)c1ccc(OCc2ccccc2)cc1.[HH].[HH]. The van der Waals surface area contributed by atoms with Gasteiger partial charge in [-0.3, -0.25) is 0 Å². The summed E-state index contributed by atoms with van der Waals surface area (Å²) in [7, 11) is -1.43. The highest BCUT2D eigenvalue weighted by Gasteiger charge is 2.09. The summed E-state index contributed by atoms with van der Waals surface area (Å²) in [5, 5.41) is 17.9. The van der Waals surface area contributed by atoms with E-state index in [1.165, 1.54) is 0 Å². The van der Waals surface area contributed by atoms with Crippen molar-refractivity contribution in [1.29, 1.82) is 0 Å². The molecular formula is C13H17BO3. The number of ether oxygens (including phenoxy) is 1. The molecule has 0 saturated carbocycles. The molecule has 0 spiro atoms. The predicted molar refractivity (Wildman–Crippen MR) is 71.3 cm³/mol. The van der Waals surface area contributed by atoms with Gasteiger partial charge in [-0.1, -0.05) is 42.5 Å². The lowest BCUT2D eigenvalue weighted by Crippen LogP contribution is -2.29. The van der Waals surface area contributed by atoms with E-state index in [4.69, 9.17) is 14.8 Å². The summed E-state index contributed by atoms with van der Waals surface area (Å²) in [6.07, 6.45) is 0. The van der Waals surface area contributed by atoms with Gasteiger partial charge in [-0.2, -0.15) is 0 Å². The molecule has 90 valence electrons. The first-order valence-electron chi connectivity index (χ1n) is 5.38. The Kier molecular flexibility index (Phi) is 3.80. The van der Waals surface area contributed by atoms with Gasteiger partial charge in [0, 0.05) is 2.85 Å². The van der Waals surface area contributed by atoms with Gasteiger partial charge in [-0.25, -0.2) is 0 Å². The molecule has 0 fully saturated rings. The summed E-state index contributed by atoms with van der Waals surface area (Å²) in [6, 6.07) is 16.6. The van der Waals surface area contributed by atoms with E-state index in [0.717, 1.165) is 5.56 Å². The number of rotatable bonds is 4. The van der Waals surface area contributed by atoms with Crippen molar-refractivity contribution in [3.8, 4) is 5.75 Å². The first-order chi connectivity index (χ1) is 8.25. The van der Waals surface area contributed by atoms with Gasteiger partial charge in [0.2, 0.25) is 0 Å². The van der Waals surface area contributed by atoms with E-state index < -0.39 is 7.12 Å². The first-order valence-corrected chi connectivity index (χ1v) is 5.38. The summed E-state index contributed by atoms with van der Waals surface area (Å²) < 4.78 is 5.56. The van der Waals surface area contributed by atoms with Crippen LogP contribution >= 0.6 is 0 Å². The van der Waals surface area contributed by atoms with Crippen LogP contribution in [0.25, 0.3) is 0 Å². The second kappa shape index (κ2) is 5.52. The molecule has 0 aromatic heterocycles. The van der Waals surface area contributed by atoms with Gasteiger partial charge in [0.25, 0.3) is 0 Å². The zero-order chi connectivity index (χ0) is 12.1. The lowest BCUT2D eigenvalue weighted by atomic mass is 9.80. The standard InChI is InChI=1S/C13H13BO3.2H2/c15-14(16)12-6-8-13(9-7-12)17-10-11-4-2-1-3-5-11;;/h1-9,15-16H,10H2;2*1H. The minimum absolute atomic E-state index is 0. The van der Waals surface area contributed by atoms with Crippen molar-refractivity contribution in [1.82, 2.24) is 0 Å². The van der Waals surface area contributed by atoms with Gasteiger partial charge >= 0.3 is 7.12 Å². The zero-order valence-electron chi connectivity index (χ0n) is 9.28. The minimum Gasteiger partial charge on any atom is -0.489 e. The molecule has 0 aliphatic rings. The average molecular weight is 232 g/mol. The van der Waals surface area contributed by atoms with Crippen LogP contribution in [0.15, 0.2) is 54.6 Å². The van der Waals surface area contributed by atoms with E-state index in [1.807, 2.05) is 30.3 Å². The van der Waals surface area contributed by atoms with E-state index in [-0.39, 0.29) is 2.85 Å². The Morgan fingerprint density at radius 1 is 0.941 bits per heavy atom. The topological polar surface area (TPSA) is 49.7 Å². The second-order valence-corrected chi connectivity index (χ2v) is 3.72. The van der Waals surface area contributed by atoms with Crippen LogP contribution in [-0.4, -0.2) is 17.2 Å². The van der Waals surface area contributed by atoms with Crippen LogP contribution in [-0.2, 0) is 6.61 Å². The highest BCUT2D eigenvalue weighted by molar-refractivity contribution is 6.58. The molecule has 0 radical (unpaired) electrons. The van der Waals surface area contributed by atoms with Crippen LogP contribution in [0.1, 0.15) is 8.42 Å². The third kappa shape index (κ3) is 3.34. The molecule has 2 N–H and O–H groups in total. The first kappa shape index (κ1) is 11.7. The molecule has 0 aliphatic carbocycles. The summed E-state index contributed by atoms with van der Waals surface area (Å²) in [5.41, 5.74) is 1.55. The third-order valence-electron chi connectivity index (χ3n) is 2.43. The molecule has 0 heterocycles. The van der Waals surface area contributed by atoms with Crippen molar-refractivity contribution in [2.75, 3.05) is 0 Å². The van der Waals surface area contributed by atoms with Crippen molar-refractivity contribution >= 4 is 12.6 Å². The molecule has 2 aromatic carbocycles. The molecule has 0 atom stereocenters. The maximum atomic E-state index is 8.94. The van der Waals surface area contributed by atoms with Gasteiger partial charge in [-0.15, -0.1) is 0 Å². The van der Waals surface area contributed by atoms with Crippen LogP contribution in [0.5, 0.6) is 5.75 Å². The molecule has 0 unspecified atom stereocenters. The largest absolute Gasteiger partial charge is 0.489 e. The summed E-state index contributed by atoms with van der Waals surface area (Å²) in [6.45, 7) is 0.502. The molecule has 0 saturated heterocycles. The zero-order valence-corrected chi connectivity index (χ0v) is 9.28. The van der Waals surface area contributed by atoms with Crippen molar-refractivity contribution in [2.45, 2.75) is 6.61 Å². The summed E-state index contributed by atoms with van der Waals surface area (Å²) in [4.78, 5) is 0. The smallest absolute Gasteiger partial charge is 0.488 e. The van der Waals surface area contributed by atoms with E-state index in [0.29, 0.717) is 17.8 Å². The van der Waals surface area contributed by atoms with Crippen molar-refractivity contribution in [3.05, 3.63) is 60.2 Å². The average Bonchev–Trinajstić information content (AvgIpc) is 2.38. The van der Waals surface area contributed by atoms with E-state index >= 15 is 0 Å². The normalized spacial score (nSPS) is 10.0. The maximum absolute atomic E-state index is 8.94. The van der Waals surface area contributed by atoms with Gasteiger partial charge in [0.1, 0.15) is 12.4 Å². The Bertz CT molecular complexity index is 463. The summed E-state index contributed by atoms with van der Waals surface area (Å²) >= 11 is 0. The number of hydrogen-bond donors (Lipinski definition) is 2. The number of benzene rings is 2. The quantitative estimate of drug-likeness (QED) is 0.784. The van der Waals surface area contributed by atoms with Crippen LogP contribution in [0.2, 0.25) is 0 Å². The monoisotopic (exact) mass is 232 g/mol. The molecule has 4 heteroatoms. The predicted octanol–water partition coefficient (Wildman–Crippen LogP) is 1.44. The van der Waals surface area contributed by atoms with Crippen LogP contribution in [0.4, 0.5) is 0 Å². The highest BCUT2D eigenvalue weighted by atomic mass is 16.5. The Labute approximate surface area is 103 Å². The maximum Gasteiger partial charge on any atom is 0.488 e. The van der Waals surface area contributed by atoms with Gasteiger partial charge in [-0.05, 0) is 23.2 Å². The Balaban J connectivity index is 0.00000162. The van der Waals surface area contributed by atoms with Gasteiger partial charge in [0.15, 0.2) is 0 Å². The third-order valence-corrected chi connectivity index (χ3v) is 2.43. The van der Waals surface area contributed by atoms with Crippen LogP contribution in [0, 0.1) is 0 Å². The lowest BCUT2D eigenvalue weighted by Gasteiger charge is -2.07. The molecule has 2 aromatic rings. The van der Waals surface area contributed by atoms with Gasteiger partial charge in [0.05, 0.1) is 0 Å². The Hall–Kier alpha value is -1.78. The highest BCUT2D eigenvalue weighted by Crippen LogP contribution is 2.10.